The van der Waals surface area contributed by atoms with Crippen LogP contribution in [0.4, 0.5) is 0 Å². The van der Waals surface area contributed by atoms with Crippen LogP contribution in [-0.4, -0.2) is 27.1 Å². The molecule has 0 spiro atoms. The van der Waals surface area contributed by atoms with Gasteiger partial charge in [-0.15, -0.1) is 12.5 Å². The van der Waals surface area contributed by atoms with Gasteiger partial charge in [0.25, 0.3) is 0 Å². The van der Waals surface area contributed by atoms with Crippen LogP contribution < -0.4 is 0 Å². The average Bonchev–Trinajstić information content (AvgIpc) is 2.43. The molecule has 0 fully saturated rings. The molecule has 0 saturated carbocycles. The highest BCUT2D eigenvalue weighted by molar-refractivity contribution is 6.74. The summed E-state index contributed by atoms with van der Waals surface area (Å²) in [7, 11) is -1.81. The zero-order valence-corrected chi connectivity index (χ0v) is 17.5. The Morgan fingerprint density at radius 1 is 1.17 bits per heavy atom. The Morgan fingerprint density at radius 3 is 2.35 bits per heavy atom. The van der Waals surface area contributed by atoms with E-state index in [-0.39, 0.29) is 17.2 Å². The van der Waals surface area contributed by atoms with E-state index in [1.54, 1.807) is 6.08 Å². The van der Waals surface area contributed by atoms with Gasteiger partial charge < -0.3 is 9.16 Å². The first kappa shape index (κ1) is 22.4. The minimum absolute atomic E-state index is 0.0148. The summed E-state index contributed by atoms with van der Waals surface area (Å²) in [5.41, 5.74) is 0. The summed E-state index contributed by atoms with van der Waals surface area (Å²) in [4.78, 5) is 0. The predicted octanol–water partition coefficient (Wildman–Crippen LogP) is 5.94. The zero-order valence-electron chi connectivity index (χ0n) is 16.5. The largest absolute Gasteiger partial charge is 0.411 e. The van der Waals surface area contributed by atoms with Crippen molar-refractivity contribution < 1.29 is 9.16 Å². The van der Waals surface area contributed by atoms with Crippen LogP contribution in [0.25, 0.3) is 0 Å². The number of unbranched alkanes of at least 4 members (excludes halogenated alkanes) is 4. The maximum absolute atomic E-state index is 6.43. The van der Waals surface area contributed by atoms with Gasteiger partial charge in [-0.3, -0.25) is 0 Å². The fourth-order valence-electron chi connectivity index (χ4n) is 1.98. The van der Waals surface area contributed by atoms with Crippen LogP contribution in [0.2, 0.25) is 18.1 Å². The highest BCUT2D eigenvalue weighted by Crippen LogP contribution is 2.37. The van der Waals surface area contributed by atoms with Gasteiger partial charge in [-0.05, 0) is 31.5 Å². The Hall–Kier alpha value is -0.563. The molecule has 0 aliphatic rings. The van der Waals surface area contributed by atoms with E-state index in [1.807, 2.05) is 0 Å². The van der Waals surface area contributed by atoms with Gasteiger partial charge in [0.15, 0.2) is 8.32 Å². The molecule has 0 heterocycles. The Morgan fingerprint density at radius 2 is 1.83 bits per heavy atom. The second-order valence-electron chi connectivity index (χ2n) is 7.76. The summed E-state index contributed by atoms with van der Waals surface area (Å²) in [6.45, 7) is 19.9. The normalized spacial score (nSPS) is 14.7. The van der Waals surface area contributed by atoms with E-state index in [4.69, 9.17) is 9.16 Å². The second kappa shape index (κ2) is 11.1. The van der Waals surface area contributed by atoms with Crippen LogP contribution in [0.3, 0.4) is 0 Å². The van der Waals surface area contributed by atoms with Crippen molar-refractivity contribution in [2.75, 3.05) is 6.61 Å². The van der Waals surface area contributed by atoms with Gasteiger partial charge in [-0.2, -0.15) is 0 Å². The number of ether oxygens (including phenoxy) is 1. The van der Waals surface area contributed by atoms with Gasteiger partial charge in [0.05, 0.1) is 12.7 Å². The molecule has 0 saturated heterocycles. The molecular weight excluding hydrogens is 300 g/mol. The van der Waals surface area contributed by atoms with Crippen molar-refractivity contribution in [1.82, 2.24) is 0 Å². The third kappa shape index (κ3) is 9.35. The monoisotopic (exact) mass is 338 g/mol. The first-order valence-corrected chi connectivity index (χ1v) is 11.9. The molecule has 0 rings (SSSR count). The Kier molecular flexibility index (Phi) is 10.8. The van der Waals surface area contributed by atoms with Crippen molar-refractivity contribution in [3.8, 4) is 11.8 Å². The molecule has 0 aromatic carbocycles. The summed E-state index contributed by atoms with van der Waals surface area (Å²) in [5.74, 6) is 6.57. The maximum atomic E-state index is 6.43. The number of rotatable bonds is 10. The van der Waals surface area contributed by atoms with Crippen molar-refractivity contribution in [2.45, 2.75) is 97.1 Å². The minimum atomic E-state index is -1.81. The van der Waals surface area contributed by atoms with Crippen LogP contribution in [-0.2, 0) is 9.16 Å². The highest BCUT2D eigenvalue weighted by atomic mass is 28.4. The lowest BCUT2D eigenvalue weighted by atomic mass is 10.1. The Balaban J connectivity index is 4.69. The summed E-state index contributed by atoms with van der Waals surface area (Å²) >= 11 is 0. The Bertz CT molecular complexity index is 385. The maximum Gasteiger partial charge on any atom is 0.192 e. The molecule has 0 unspecified atom stereocenters. The van der Waals surface area contributed by atoms with E-state index >= 15 is 0 Å². The summed E-state index contributed by atoms with van der Waals surface area (Å²) in [6, 6.07) is 0. The molecule has 0 amide bonds. The average molecular weight is 339 g/mol. The van der Waals surface area contributed by atoms with E-state index < -0.39 is 8.32 Å². The molecule has 0 N–H and O–H groups in total. The molecule has 2 atom stereocenters. The molecule has 0 radical (unpaired) electrons. The van der Waals surface area contributed by atoms with Crippen molar-refractivity contribution in [3.05, 3.63) is 12.7 Å². The lowest BCUT2D eigenvalue weighted by Gasteiger charge is -2.39. The minimum Gasteiger partial charge on any atom is -0.411 e. The highest BCUT2D eigenvalue weighted by Gasteiger charge is 2.39. The molecule has 0 aromatic heterocycles. The number of hydrogen-bond donors (Lipinski definition) is 0. The van der Waals surface area contributed by atoms with E-state index in [1.165, 1.54) is 25.7 Å². The lowest BCUT2D eigenvalue weighted by Crippen LogP contribution is -2.46. The molecule has 3 heteroatoms. The van der Waals surface area contributed by atoms with Crippen LogP contribution in [0.15, 0.2) is 12.7 Å². The summed E-state index contributed by atoms with van der Waals surface area (Å²) in [6.07, 6.45) is 7.52. The Labute approximate surface area is 146 Å². The van der Waals surface area contributed by atoms with Crippen molar-refractivity contribution in [2.24, 2.45) is 0 Å². The first-order chi connectivity index (χ1) is 10.7. The topological polar surface area (TPSA) is 18.5 Å². The SMILES string of the molecule is C=CCO[C@H](C#CCCCCCC)[C@H](C)O[Si](C)(C)C(C)(C)C. The first-order valence-electron chi connectivity index (χ1n) is 9.04. The summed E-state index contributed by atoms with van der Waals surface area (Å²) < 4.78 is 12.3. The quantitative estimate of drug-likeness (QED) is 0.212. The van der Waals surface area contributed by atoms with E-state index in [2.05, 4.69) is 66.1 Å². The van der Waals surface area contributed by atoms with Gasteiger partial charge >= 0.3 is 0 Å². The fourth-order valence-corrected chi connectivity index (χ4v) is 3.39. The molecule has 0 aromatic rings. The smallest absolute Gasteiger partial charge is 0.192 e. The van der Waals surface area contributed by atoms with Crippen molar-refractivity contribution >= 4 is 8.32 Å². The van der Waals surface area contributed by atoms with E-state index in [0.717, 1.165) is 6.42 Å². The number of hydrogen-bond acceptors (Lipinski definition) is 2. The van der Waals surface area contributed by atoms with E-state index in [9.17, 15) is 0 Å². The van der Waals surface area contributed by atoms with Gasteiger partial charge in [0.1, 0.15) is 6.10 Å². The fraction of sp³-hybridized carbons (Fsp3) is 0.800. The molecular formula is C20H38O2Si. The lowest BCUT2D eigenvalue weighted by molar-refractivity contribution is 0.0231. The van der Waals surface area contributed by atoms with Crippen LogP contribution in [0.5, 0.6) is 0 Å². The van der Waals surface area contributed by atoms with Gasteiger partial charge in [0, 0.05) is 6.42 Å². The van der Waals surface area contributed by atoms with Crippen LogP contribution in [0, 0.1) is 11.8 Å². The third-order valence-electron chi connectivity index (χ3n) is 4.51. The zero-order chi connectivity index (χ0) is 17.9. The van der Waals surface area contributed by atoms with Crippen molar-refractivity contribution in [1.29, 1.82) is 0 Å². The predicted molar refractivity (Wildman–Crippen MR) is 104 cm³/mol. The van der Waals surface area contributed by atoms with Gasteiger partial charge in [-0.1, -0.05) is 59.0 Å². The molecule has 0 aliphatic heterocycles. The molecule has 134 valence electrons. The van der Waals surface area contributed by atoms with Crippen LogP contribution in [0.1, 0.15) is 66.7 Å². The molecule has 0 bridgehead atoms. The van der Waals surface area contributed by atoms with Crippen LogP contribution >= 0.6 is 0 Å². The molecule has 23 heavy (non-hydrogen) atoms. The second-order valence-corrected chi connectivity index (χ2v) is 12.5. The van der Waals surface area contributed by atoms with Crippen molar-refractivity contribution in [3.63, 3.8) is 0 Å². The summed E-state index contributed by atoms with van der Waals surface area (Å²) in [5, 5.41) is 0.192. The molecule has 0 aliphatic carbocycles. The third-order valence-corrected chi connectivity index (χ3v) is 9.08. The van der Waals surface area contributed by atoms with Gasteiger partial charge in [0.2, 0.25) is 0 Å². The van der Waals surface area contributed by atoms with Gasteiger partial charge in [-0.25, -0.2) is 0 Å². The molecule has 2 nitrogen and oxygen atoms in total. The standard InChI is InChI=1S/C20H38O2Si/c1-9-11-12-13-14-15-16-19(21-17-10-2)18(3)22-23(7,8)20(4,5)6/h10,18-19H,2,9,11-14,17H2,1,3-8H3/t18-,19+/m0/s1. The van der Waals surface area contributed by atoms with E-state index in [0.29, 0.717) is 6.61 Å².